The predicted octanol–water partition coefficient (Wildman–Crippen LogP) is 16.3. The Balaban J connectivity index is 1.20. The number of anilines is 6. The van der Waals surface area contributed by atoms with Gasteiger partial charge in [0.25, 0.3) is 0 Å². The molecule has 1 aromatic heterocycles. The molecule has 0 atom stereocenters. The second-order valence-corrected chi connectivity index (χ2v) is 17.0. The summed E-state index contributed by atoms with van der Waals surface area (Å²) >= 11 is 0. The van der Waals surface area contributed by atoms with Gasteiger partial charge in [-0.15, -0.1) is 0 Å². The smallest absolute Gasteiger partial charge is 0.0583 e. The third-order valence-corrected chi connectivity index (χ3v) is 13.1. The third kappa shape index (κ3) is 5.59. The van der Waals surface area contributed by atoms with Gasteiger partial charge in [0.2, 0.25) is 0 Å². The highest BCUT2D eigenvalue weighted by Crippen LogP contribution is 2.54. The van der Waals surface area contributed by atoms with Gasteiger partial charge in [0.15, 0.2) is 0 Å². The molecule has 1 heterocycles. The summed E-state index contributed by atoms with van der Waals surface area (Å²) in [5.74, 6) is 0. The minimum atomic E-state index is -0.142. The second-order valence-electron chi connectivity index (χ2n) is 17.0. The molecule has 0 N–H and O–H groups in total. The fourth-order valence-electron chi connectivity index (χ4n) is 10.2. The molecule has 3 nitrogen and oxygen atoms in total. The zero-order chi connectivity index (χ0) is 41.4. The maximum absolute atomic E-state index is 2.49. The lowest BCUT2D eigenvalue weighted by Gasteiger charge is -2.31. The lowest BCUT2D eigenvalue weighted by molar-refractivity contribution is 0.661. The van der Waals surface area contributed by atoms with Crippen LogP contribution in [0.1, 0.15) is 25.0 Å². The summed E-state index contributed by atoms with van der Waals surface area (Å²) in [5, 5.41) is 7.38. The van der Waals surface area contributed by atoms with Crippen LogP contribution < -0.4 is 9.80 Å². The van der Waals surface area contributed by atoms with Crippen molar-refractivity contribution in [2.24, 2.45) is 0 Å². The molecule has 1 aliphatic carbocycles. The number of nitrogens with zero attached hydrogens (tertiary/aromatic N) is 3. The Morgan fingerprint density at radius 1 is 0.371 bits per heavy atom. The Kier molecular flexibility index (Phi) is 8.20. The first-order valence-electron chi connectivity index (χ1n) is 21.5. The lowest BCUT2D eigenvalue weighted by Crippen LogP contribution is -2.16. The van der Waals surface area contributed by atoms with E-state index in [-0.39, 0.29) is 5.41 Å². The van der Waals surface area contributed by atoms with Gasteiger partial charge in [-0.3, -0.25) is 0 Å². The number of aromatic nitrogens is 1. The lowest BCUT2D eigenvalue weighted by atomic mass is 9.82. The standard InChI is InChI=1S/C59H43N3/c1-59(2)52-35-33-47(37-51(52)57-49-27-15-14-19-41(49)31-34-53(57)59)61(45-25-10-5-11-26-45)55-38-48(60(43-21-6-3-7-22-43)44-23-8-4-9-24-44)39-56-58(55)50-28-16-17-29-54(50)62(56)46-32-30-40-18-12-13-20-42(40)36-46/h3-39H,1-2H3. The highest BCUT2D eigenvalue weighted by atomic mass is 15.2. The molecule has 12 rings (SSSR count). The summed E-state index contributed by atoms with van der Waals surface area (Å²) in [7, 11) is 0. The minimum absolute atomic E-state index is 0.142. The van der Waals surface area contributed by atoms with E-state index in [0.29, 0.717) is 0 Å². The fraction of sp³-hybridized carbons (Fsp3) is 0.0508. The van der Waals surface area contributed by atoms with Crippen LogP contribution in [-0.4, -0.2) is 4.57 Å². The van der Waals surface area contributed by atoms with E-state index in [1.165, 1.54) is 54.6 Å². The van der Waals surface area contributed by atoms with Gasteiger partial charge in [0.05, 0.1) is 22.4 Å². The average molecular weight is 794 g/mol. The molecule has 10 aromatic carbocycles. The van der Waals surface area contributed by atoms with Crippen LogP contribution in [0.2, 0.25) is 0 Å². The molecule has 62 heavy (non-hydrogen) atoms. The number of benzene rings is 10. The van der Waals surface area contributed by atoms with Gasteiger partial charge >= 0.3 is 0 Å². The summed E-state index contributed by atoms with van der Waals surface area (Å²) in [6, 6.07) is 82.3. The molecule has 0 saturated heterocycles. The summed E-state index contributed by atoms with van der Waals surface area (Å²) in [5.41, 5.74) is 15.2. The van der Waals surface area contributed by atoms with Crippen molar-refractivity contribution in [1.29, 1.82) is 0 Å². The molecule has 294 valence electrons. The van der Waals surface area contributed by atoms with Crippen LogP contribution in [0, 0.1) is 0 Å². The molecule has 0 saturated carbocycles. The SMILES string of the molecule is CC1(C)c2ccc(N(c3ccccc3)c3cc(N(c4ccccc4)c4ccccc4)cc4c3c3ccccc3n4-c3ccc4ccccc4c3)cc2-c2c1ccc1ccccc21. The van der Waals surface area contributed by atoms with Crippen molar-refractivity contribution in [1.82, 2.24) is 4.57 Å². The Labute approximate surface area is 362 Å². The van der Waals surface area contributed by atoms with E-state index in [4.69, 9.17) is 0 Å². The Morgan fingerprint density at radius 3 is 1.65 bits per heavy atom. The molecule has 0 fully saturated rings. The Bertz CT molecular complexity index is 3450. The van der Waals surface area contributed by atoms with Crippen LogP contribution in [0.5, 0.6) is 0 Å². The average Bonchev–Trinajstić information content (AvgIpc) is 3.78. The van der Waals surface area contributed by atoms with Crippen molar-refractivity contribution in [2.45, 2.75) is 19.3 Å². The highest BCUT2D eigenvalue weighted by molar-refractivity contribution is 6.18. The van der Waals surface area contributed by atoms with Crippen LogP contribution in [0.15, 0.2) is 224 Å². The molecule has 1 aliphatic rings. The Hall–Kier alpha value is -7.88. The maximum Gasteiger partial charge on any atom is 0.0583 e. The van der Waals surface area contributed by atoms with Crippen molar-refractivity contribution in [3.8, 4) is 16.8 Å². The molecule has 0 amide bonds. The zero-order valence-electron chi connectivity index (χ0n) is 34.7. The van der Waals surface area contributed by atoms with Gasteiger partial charge in [-0.25, -0.2) is 0 Å². The quantitative estimate of drug-likeness (QED) is 0.159. The summed E-state index contributed by atoms with van der Waals surface area (Å²) in [4.78, 5) is 4.88. The molecule has 0 spiro atoms. The number of hydrogen-bond donors (Lipinski definition) is 0. The van der Waals surface area contributed by atoms with Gasteiger partial charge in [-0.1, -0.05) is 159 Å². The van der Waals surface area contributed by atoms with Crippen molar-refractivity contribution < 1.29 is 0 Å². The number of para-hydroxylation sites is 4. The van der Waals surface area contributed by atoms with Crippen LogP contribution >= 0.6 is 0 Å². The zero-order valence-corrected chi connectivity index (χ0v) is 34.7. The molecule has 3 heteroatoms. The summed E-state index contributed by atoms with van der Waals surface area (Å²) in [6.45, 7) is 4.75. The van der Waals surface area contributed by atoms with Gasteiger partial charge in [0, 0.05) is 44.6 Å². The first-order chi connectivity index (χ1) is 30.5. The third-order valence-electron chi connectivity index (χ3n) is 13.1. The molecule has 0 aliphatic heterocycles. The first-order valence-corrected chi connectivity index (χ1v) is 21.5. The van der Waals surface area contributed by atoms with Crippen molar-refractivity contribution in [2.75, 3.05) is 9.80 Å². The van der Waals surface area contributed by atoms with E-state index in [2.05, 4.69) is 253 Å². The normalized spacial score (nSPS) is 12.8. The fourth-order valence-corrected chi connectivity index (χ4v) is 10.2. The monoisotopic (exact) mass is 793 g/mol. The van der Waals surface area contributed by atoms with Crippen molar-refractivity contribution in [3.05, 3.63) is 236 Å². The van der Waals surface area contributed by atoms with Gasteiger partial charge in [-0.05, 0) is 123 Å². The maximum atomic E-state index is 2.49. The molecule has 11 aromatic rings. The minimum Gasteiger partial charge on any atom is -0.310 e. The predicted molar refractivity (Wildman–Crippen MR) is 263 cm³/mol. The molecule has 0 radical (unpaired) electrons. The van der Waals surface area contributed by atoms with Crippen LogP contribution in [0.3, 0.4) is 0 Å². The molecular formula is C59H43N3. The number of rotatable bonds is 7. The van der Waals surface area contributed by atoms with Crippen molar-refractivity contribution >= 4 is 77.5 Å². The van der Waals surface area contributed by atoms with E-state index in [0.717, 1.165) is 50.8 Å². The van der Waals surface area contributed by atoms with Crippen molar-refractivity contribution in [3.63, 3.8) is 0 Å². The van der Waals surface area contributed by atoms with E-state index >= 15 is 0 Å². The van der Waals surface area contributed by atoms with Gasteiger partial charge < -0.3 is 14.4 Å². The molecule has 0 unspecified atom stereocenters. The van der Waals surface area contributed by atoms with Gasteiger partial charge in [-0.2, -0.15) is 0 Å². The van der Waals surface area contributed by atoms with E-state index in [1.807, 2.05) is 0 Å². The van der Waals surface area contributed by atoms with Crippen LogP contribution in [0.25, 0.3) is 60.2 Å². The molecule has 0 bridgehead atoms. The summed E-state index contributed by atoms with van der Waals surface area (Å²) in [6.07, 6.45) is 0. The summed E-state index contributed by atoms with van der Waals surface area (Å²) < 4.78 is 2.47. The van der Waals surface area contributed by atoms with E-state index < -0.39 is 0 Å². The van der Waals surface area contributed by atoms with E-state index in [1.54, 1.807) is 0 Å². The van der Waals surface area contributed by atoms with Crippen LogP contribution in [0.4, 0.5) is 34.1 Å². The number of fused-ring (bicyclic) bond motifs is 9. The largest absolute Gasteiger partial charge is 0.310 e. The van der Waals surface area contributed by atoms with Crippen LogP contribution in [-0.2, 0) is 5.41 Å². The topological polar surface area (TPSA) is 11.4 Å². The van der Waals surface area contributed by atoms with Gasteiger partial charge in [0.1, 0.15) is 0 Å². The first kappa shape index (κ1) is 36.0. The highest BCUT2D eigenvalue weighted by Gasteiger charge is 2.37. The Morgan fingerprint density at radius 2 is 0.935 bits per heavy atom. The number of hydrogen-bond acceptors (Lipinski definition) is 2. The molecular weight excluding hydrogens is 751 g/mol. The van der Waals surface area contributed by atoms with E-state index in [9.17, 15) is 0 Å². The second kappa shape index (κ2) is 14.1.